The van der Waals surface area contributed by atoms with E-state index in [2.05, 4.69) is 67.2 Å². The van der Waals surface area contributed by atoms with Gasteiger partial charge < -0.3 is 0 Å². The molecule has 0 aliphatic rings. The molecule has 0 unspecified atom stereocenters. The zero-order valence-corrected chi connectivity index (χ0v) is 12.6. The average Bonchev–Trinajstić information content (AvgIpc) is 1.96. The molecule has 0 atom stereocenters. The highest BCUT2D eigenvalue weighted by Gasteiger charge is 2.20. The van der Waals surface area contributed by atoms with Crippen LogP contribution in [0.2, 0.25) is 0 Å². The molecule has 0 fully saturated rings. The molecule has 0 heteroatoms. The second-order valence-corrected chi connectivity index (χ2v) is 7.21. The van der Waals surface area contributed by atoms with Crippen molar-refractivity contribution in [3.05, 3.63) is 0 Å². The molecule has 0 aromatic carbocycles. The zero-order chi connectivity index (χ0) is 13.0. The van der Waals surface area contributed by atoms with Crippen LogP contribution in [0.1, 0.15) is 68.2 Å². The molecule has 16 heavy (non-hydrogen) atoms. The predicted octanol–water partition coefficient (Wildman–Crippen LogP) is 5.13. The van der Waals surface area contributed by atoms with E-state index < -0.39 is 0 Å². The smallest absolute Gasteiger partial charge is 0.0261 e. The Morgan fingerprint density at radius 1 is 0.688 bits per heavy atom. The van der Waals surface area contributed by atoms with Gasteiger partial charge in [-0.3, -0.25) is 0 Å². The van der Waals surface area contributed by atoms with Gasteiger partial charge in [0, 0.05) is 10.8 Å². The van der Waals surface area contributed by atoms with Crippen LogP contribution in [0.5, 0.6) is 0 Å². The molecular weight excluding hydrogens is 192 g/mol. The molecule has 0 saturated carbocycles. The Labute approximate surface area is 103 Å². The summed E-state index contributed by atoms with van der Waals surface area (Å²) in [5, 5.41) is 0. The number of hydrogen-bond acceptors (Lipinski definition) is 0. The van der Waals surface area contributed by atoms with Crippen molar-refractivity contribution in [3.63, 3.8) is 0 Å². The van der Waals surface area contributed by atoms with Crippen molar-refractivity contribution in [2.24, 2.45) is 22.7 Å². The van der Waals surface area contributed by atoms with Crippen LogP contribution in [0.25, 0.3) is 0 Å². The molecule has 0 spiro atoms. The molecule has 0 aliphatic carbocycles. The second-order valence-electron chi connectivity index (χ2n) is 7.21. The molecular formula is C16H30. The van der Waals surface area contributed by atoms with E-state index in [4.69, 9.17) is 0 Å². The van der Waals surface area contributed by atoms with E-state index in [1.807, 2.05) is 0 Å². The van der Waals surface area contributed by atoms with Crippen LogP contribution in [0.15, 0.2) is 0 Å². The monoisotopic (exact) mass is 222 g/mol. The minimum Gasteiger partial charge on any atom is -0.0965 e. The summed E-state index contributed by atoms with van der Waals surface area (Å²) in [6.07, 6.45) is 2.36. The fourth-order valence-corrected chi connectivity index (χ4v) is 2.48. The molecule has 0 aromatic heterocycles. The van der Waals surface area contributed by atoms with Gasteiger partial charge in [0.15, 0.2) is 0 Å². The number of rotatable bonds is 4. The van der Waals surface area contributed by atoms with Crippen LogP contribution in [0.3, 0.4) is 0 Å². The van der Waals surface area contributed by atoms with Crippen LogP contribution < -0.4 is 0 Å². The van der Waals surface area contributed by atoms with Crippen LogP contribution in [-0.4, -0.2) is 0 Å². The van der Waals surface area contributed by atoms with E-state index in [1.54, 1.807) is 0 Å². The fraction of sp³-hybridized carbons (Fsp3) is 0.875. The van der Waals surface area contributed by atoms with Gasteiger partial charge in [-0.05, 0) is 52.4 Å². The summed E-state index contributed by atoms with van der Waals surface area (Å²) < 4.78 is 0. The lowest BCUT2D eigenvalue weighted by molar-refractivity contribution is 0.365. The SMILES string of the molecule is CC(C)CC(C)(C)C#CC(C)(C)CC(C)C. The molecule has 0 amide bonds. The molecule has 0 nitrogen and oxygen atoms in total. The van der Waals surface area contributed by atoms with E-state index >= 15 is 0 Å². The Hall–Kier alpha value is -0.440. The molecule has 0 saturated heterocycles. The van der Waals surface area contributed by atoms with Crippen LogP contribution in [0, 0.1) is 34.5 Å². The van der Waals surface area contributed by atoms with Gasteiger partial charge in [0.05, 0.1) is 0 Å². The summed E-state index contributed by atoms with van der Waals surface area (Å²) in [6, 6.07) is 0. The summed E-state index contributed by atoms with van der Waals surface area (Å²) in [5.41, 5.74) is 0.310. The van der Waals surface area contributed by atoms with Gasteiger partial charge in [-0.1, -0.05) is 39.5 Å². The van der Waals surface area contributed by atoms with Gasteiger partial charge in [0.1, 0.15) is 0 Å². The first-order valence-electron chi connectivity index (χ1n) is 6.58. The maximum atomic E-state index is 3.49. The third-order valence-electron chi connectivity index (χ3n) is 2.58. The molecule has 0 bridgehead atoms. The van der Waals surface area contributed by atoms with E-state index in [-0.39, 0.29) is 10.8 Å². The normalized spacial score (nSPS) is 12.9. The summed E-state index contributed by atoms with van der Waals surface area (Å²) >= 11 is 0. The van der Waals surface area contributed by atoms with Gasteiger partial charge in [0.25, 0.3) is 0 Å². The zero-order valence-electron chi connectivity index (χ0n) is 12.6. The Balaban J connectivity index is 4.57. The van der Waals surface area contributed by atoms with Crippen molar-refractivity contribution in [1.82, 2.24) is 0 Å². The Morgan fingerprint density at radius 3 is 1.12 bits per heavy atom. The van der Waals surface area contributed by atoms with E-state index in [0.717, 1.165) is 11.8 Å². The molecule has 0 rings (SSSR count). The highest BCUT2D eigenvalue weighted by molar-refractivity contribution is 5.15. The Bertz CT molecular complexity index is 229. The van der Waals surface area contributed by atoms with E-state index in [9.17, 15) is 0 Å². The average molecular weight is 222 g/mol. The van der Waals surface area contributed by atoms with Gasteiger partial charge >= 0.3 is 0 Å². The molecule has 94 valence electrons. The molecule has 0 aliphatic heterocycles. The largest absolute Gasteiger partial charge is 0.0965 e. The van der Waals surface area contributed by atoms with Crippen molar-refractivity contribution < 1.29 is 0 Å². The lowest BCUT2D eigenvalue weighted by Gasteiger charge is -2.23. The number of hydrogen-bond donors (Lipinski definition) is 0. The van der Waals surface area contributed by atoms with Crippen molar-refractivity contribution in [2.75, 3.05) is 0 Å². The highest BCUT2D eigenvalue weighted by Crippen LogP contribution is 2.28. The summed E-state index contributed by atoms with van der Waals surface area (Å²) in [7, 11) is 0. The van der Waals surface area contributed by atoms with Crippen molar-refractivity contribution in [3.8, 4) is 11.8 Å². The standard InChI is InChI=1S/C16H30/c1-13(2)11-15(5,6)9-10-16(7,8)12-14(3)4/h13-14H,11-12H2,1-8H3. The Morgan fingerprint density at radius 2 is 0.938 bits per heavy atom. The minimum absolute atomic E-state index is 0.155. The first-order chi connectivity index (χ1) is 7.04. The van der Waals surface area contributed by atoms with Crippen LogP contribution in [-0.2, 0) is 0 Å². The van der Waals surface area contributed by atoms with Crippen molar-refractivity contribution in [2.45, 2.75) is 68.2 Å². The summed E-state index contributed by atoms with van der Waals surface area (Å²) in [6.45, 7) is 18.1. The molecule has 0 N–H and O–H groups in total. The fourth-order valence-electron chi connectivity index (χ4n) is 2.48. The topological polar surface area (TPSA) is 0 Å². The van der Waals surface area contributed by atoms with Gasteiger partial charge in [0.2, 0.25) is 0 Å². The van der Waals surface area contributed by atoms with E-state index in [1.165, 1.54) is 12.8 Å². The second kappa shape index (κ2) is 5.76. The quantitative estimate of drug-likeness (QED) is 0.578. The van der Waals surface area contributed by atoms with Gasteiger partial charge in [-0.15, -0.1) is 0 Å². The first-order valence-corrected chi connectivity index (χ1v) is 6.58. The lowest BCUT2D eigenvalue weighted by Crippen LogP contribution is -2.16. The molecule has 0 aromatic rings. The molecule has 0 heterocycles. The first kappa shape index (κ1) is 15.6. The lowest BCUT2D eigenvalue weighted by atomic mass is 9.80. The van der Waals surface area contributed by atoms with E-state index in [0.29, 0.717) is 0 Å². The third-order valence-corrected chi connectivity index (χ3v) is 2.58. The van der Waals surface area contributed by atoms with Crippen LogP contribution >= 0.6 is 0 Å². The minimum atomic E-state index is 0.155. The summed E-state index contributed by atoms with van der Waals surface area (Å²) in [4.78, 5) is 0. The predicted molar refractivity (Wildman–Crippen MR) is 74.2 cm³/mol. The maximum absolute atomic E-state index is 3.49. The highest BCUT2D eigenvalue weighted by atomic mass is 14.2. The maximum Gasteiger partial charge on any atom is 0.0261 e. The molecule has 0 radical (unpaired) electrons. The van der Waals surface area contributed by atoms with Crippen molar-refractivity contribution >= 4 is 0 Å². The van der Waals surface area contributed by atoms with Gasteiger partial charge in [-0.25, -0.2) is 0 Å². The summed E-state index contributed by atoms with van der Waals surface area (Å²) in [5.74, 6) is 8.41. The van der Waals surface area contributed by atoms with Crippen molar-refractivity contribution in [1.29, 1.82) is 0 Å². The Kier molecular flexibility index (Phi) is 5.60. The van der Waals surface area contributed by atoms with Crippen LogP contribution in [0.4, 0.5) is 0 Å². The third kappa shape index (κ3) is 7.80. The van der Waals surface area contributed by atoms with Gasteiger partial charge in [-0.2, -0.15) is 0 Å².